The molecule has 0 bridgehead atoms. The van der Waals surface area contributed by atoms with E-state index in [0.717, 1.165) is 35.4 Å². The maximum absolute atomic E-state index is 12.9. The predicted molar refractivity (Wildman–Crippen MR) is 94.0 cm³/mol. The normalized spacial score (nSPS) is 15.3. The molecule has 0 saturated heterocycles. The van der Waals surface area contributed by atoms with Crippen LogP contribution in [0, 0.1) is 13.8 Å². The van der Waals surface area contributed by atoms with Gasteiger partial charge in [-0.05, 0) is 51.7 Å². The number of halogens is 1. The van der Waals surface area contributed by atoms with Crippen molar-refractivity contribution in [1.29, 1.82) is 0 Å². The van der Waals surface area contributed by atoms with Gasteiger partial charge in [0, 0.05) is 23.0 Å². The first-order chi connectivity index (χ1) is 11.5. The molecule has 128 valence electrons. The van der Waals surface area contributed by atoms with Gasteiger partial charge in [-0.3, -0.25) is 4.79 Å². The molecule has 0 N–H and O–H groups in total. The minimum Gasteiger partial charge on any atom is -0.361 e. The molecule has 1 fully saturated rings. The fourth-order valence-corrected chi connectivity index (χ4v) is 3.57. The first-order valence-corrected chi connectivity index (χ1v) is 8.84. The van der Waals surface area contributed by atoms with Gasteiger partial charge in [0.05, 0.1) is 11.7 Å². The van der Waals surface area contributed by atoms with E-state index >= 15 is 0 Å². The number of hydrogen-bond donors (Lipinski definition) is 0. The highest BCUT2D eigenvalue weighted by Gasteiger charge is 2.36. The van der Waals surface area contributed by atoms with Crippen LogP contribution < -0.4 is 0 Å². The Morgan fingerprint density at radius 3 is 2.67 bits per heavy atom. The van der Waals surface area contributed by atoms with Crippen molar-refractivity contribution in [3.05, 3.63) is 51.9 Å². The van der Waals surface area contributed by atoms with E-state index in [4.69, 9.17) is 16.1 Å². The molecule has 1 saturated carbocycles. The topological polar surface area (TPSA) is 46.3 Å². The molecule has 1 heterocycles. The standard InChI is InChI=1S/C19H23ClN2O2/c1-12-16(14(3)24-21-12)10-11-19(23)22(15-8-9-15)13(2)17-6-4-5-7-18(17)20/h4-7,13,15H,8-11H2,1-3H3. The molecule has 1 aromatic carbocycles. The number of carbonyl (C=O) groups excluding carboxylic acids is 1. The molecule has 1 atom stereocenters. The van der Waals surface area contributed by atoms with Crippen molar-refractivity contribution in [2.24, 2.45) is 0 Å². The van der Waals surface area contributed by atoms with Gasteiger partial charge in [-0.1, -0.05) is 35.0 Å². The van der Waals surface area contributed by atoms with E-state index in [2.05, 4.69) is 12.1 Å². The summed E-state index contributed by atoms with van der Waals surface area (Å²) < 4.78 is 5.19. The van der Waals surface area contributed by atoms with Crippen LogP contribution in [0.5, 0.6) is 0 Å². The highest BCUT2D eigenvalue weighted by molar-refractivity contribution is 6.31. The Kier molecular flexibility index (Phi) is 4.95. The van der Waals surface area contributed by atoms with Gasteiger partial charge in [-0.25, -0.2) is 0 Å². The maximum Gasteiger partial charge on any atom is 0.223 e. The van der Waals surface area contributed by atoms with Gasteiger partial charge in [0.15, 0.2) is 0 Å². The number of aromatic nitrogens is 1. The zero-order chi connectivity index (χ0) is 17.3. The monoisotopic (exact) mass is 346 g/mol. The molecule has 1 aromatic heterocycles. The van der Waals surface area contributed by atoms with Gasteiger partial charge < -0.3 is 9.42 Å². The quantitative estimate of drug-likeness (QED) is 0.766. The highest BCUT2D eigenvalue weighted by atomic mass is 35.5. The molecule has 0 radical (unpaired) electrons. The summed E-state index contributed by atoms with van der Waals surface area (Å²) in [7, 11) is 0. The molecular formula is C19H23ClN2O2. The van der Waals surface area contributed by atoms with Crippen LogP contribution >= 0.6 is 11.6 Å². The molecule has 5 heteroatoms. The molecule has 0 spiro atoms. The largest absolute Gasteiger partial charge is 0.361 e. The summed E-state index contributed by atoms with van der Waals surface area (Å²) in [5.74, 6) is 0.974. The smallest absolute Gasteiger partial charge is 0.223 e. The van der Waals surface area contributed by atoms with Gasteiger partial charge in [0.2, 0.25) is 5.91 Å². The van der Waals surface area contributed by atoms with Crippen molar-refractivity contribution in [2.75, 3.05) is 0 Å². The summed E-state index contributed by atoms with van der Waals surface area (Å²) in [6.45, 7) is 5.87. The highest BCUT2D eigenvalue weighted by Crippen LogP contribution is 2.37. The number of rotatable bonds is 6. The maximum atomic E-state index is 12.9. The van der Waals surface area contributed by atoms with E-state index in [1.54, 1.807) is 0 Å². The zero-order valence-electron chi connectivity index (χ0n) is 14.4. The van der Waals surface area contributed by atoms with Gasteiger partial charge >= 0.3 is 0 Å². The molecule has 0 aliphatic heterocycles. The van der Waals surface area contributed by atoms with E-state index in [-0.39, 0.29) is 11.9 Å². The van der Waals surface area contributed by atoms with Crippen LogP contribution in [0.2, 0.25) is 5.02 Å². The summed E-state index contributed by atoms with van der Waals surface area (Å²) in [5.41, 5.74) is 2.93. The Morgan fingerprint density at radius 2 is 2.08 bits per heavy atom. The Morgan fingerprint density at radius 1 is 1.38 bits per heavy atom. The second kappa shape index (κ2) is 6.98. The van der Waals surface area contributed by atoms with Crippen LogP contribution in [-0.4, -0.2) is 22.0 Å². The van der Waals surface area contributed by atoms with Gasteiger partial charge in [0.1, 0.15) is 5.76 Å². The lowest BCUT2D eigenvalue weighted by Gasteiger charge is -2.30. The minimum absolute atomic E-state index is 0.0108. The number of carbonyl (C=O) groups is 1. The van der Waals surface area contributed by atoms with Gasteiger partial charge in [-0.15, -0.1) is 0 Å². The average Bonchev–Trinajstić information content (AvgIpc) is 3.33. The van der Waals surface area contributed by atoms with Crippen molar-refractivity contribution in [2.45, 2.75) is 58.5 Å². The Balaban J connectivity index is 1.74. The number of aryl methyl sites for hydroxylation is 2. The number of benzene rings is 1. The average molecular weight is 347 g/mol. The fraction of sp³-hybridized carbons (Fsp3) is 0.474. The molecule has 4 nitrogen and oxygen atoms in total. The molecule has 24 heavy (non-hydrogen) atoms. The lowest BCUT2D eigenvalue weighted by Crippen LogP contribution is -2.35. The summed E-state index contributed by atoms with van der Waals surface area (Å²) in [6, 6.07) is 8.10. The lowest BCUT2D eigenvalue weighted by atomic mass is 10.0. The van der Waals surface area contributed by atoms with E-state index in [1.807, 2.05) is 43.0 Å². The molecule has 1 unspecified atom stereocenters. The minimum atomic E-state index is -0.0108. The molecule has 2 aromatic rings. The third-order valence-corrected chi connectivity index (χ3v) is 5.12. The zero-order valence-corrected chi connectivity index (χ0v) is 15.1. The number of amides is 1. The van der Waals surface area contributed by atoms with Crippen LogP contribution in [0.25, 0.3) is 0 Å². The summed E-state index contributed by atoms with van der Waals surface area (Å²) >= 11 is 6.33. The van der Waals surface area contributed by atoms with Crippen molar-refractivity contribution in [3.63, 3.8) is 0 Å². The molecular weight excluding hydrogens is 324 g/mol. The Hall–Kier alpha value is -1.81. The Labute approximate surface area is 147 Å². The van der Waals surface area contributed by atoms with Crippen LogP contribution in [0.3, 0.4) is 0 Å². The first kappa shape index (κ1) is 17.0. The van der Waals surface area contributed by atoms with E-state index in [0.29, 0.717) is 23.9 Å². The van der Waals surface area contributed by atoms with E-state index in [1.165, 1.54) is 0 Å². The van der Waals surface area contributed by atoms with Gasteiger partial charge in [-0.2, -0.15) is 0 Å². The predicted octanol–water partition coefficient (Wildman–Crippen LogP) is 4.63. The van der Waals surface area contributed by atoms with Crippen LogP contribution in [0.1, 0.15) is 54.8 Å². The first-order valence-electron chi connectivity index (χ1n) is 8.46. The second-order valence-electron chi connectivity index (χ2n) is 6.53. The SMILES string of the molecule is Cc1noc(C)c1CCC(=O)N(C1CC1)C(C)c1ccccc1Cl. The van der Waals surface area contributed by atoms with Gasteiger partial charge in [0.25, 0.3) is 0 Å². The molecule has 1 aliphatic rings. The third-order valence-electron chi connectivity index (χ3n) is 4.77. The molecule has 1 amide bonds. The third kappa shape index (κ3) is 3.48. The fourth-order valence-electron chi connectivity index (χ4n) is 3.27. The Bertz CT molecular complexity index is 717. The number of nitrogens with zero attached hydrogens (tertiary/aromatic N) is 2. The van der Waals surface area contributed by atoms with Crippen LogP contribution in [0.4, 0.5) is 0 Å². The lowest BCUT2D eigenvalue weighted by molar-refractivity contribution is -0.134. The molecule has 3 rings (SSSR count). The summed E-state index contributed by atoms with van der Waals surface area (Å²) in [4.78, 5) is 14.9. The summed E-state index contributed by atoms with van der Waals surface area (Å²) in [6.07, 6.45) is 3.28. The van der Waals surface area contributed by atoms with Crippen LogP contribution in [-0.2, 0) is 11.2 Å². The van der Waals surface area contributed by atoms with E-state index in [9.17, 15) is 4.79 Å². The second-order valence-corrected chi connectivity index (χ2v) is 6.94. The molecule has 1 aliphatic carbocycles. The van der Waals surface area contributed by atoms with Crippen LogP contribution in [0.15, 0.2) is 28.8 Å². The van der Waals surface area contributed by atoms with Crippen molar-refractivity contribution in [3.8, 4) is 0 Å². The van der Waals surface area contributed by atoms with Crippen molar-refractivity contribution >= 4 is 17.5 Å². The van der Waals surface area contributed by atoms with E-state index < -0.39 is 0 Å². The van der Waals surface area contributed by atoms with Crippen molar-refractivity contribution in [1.82, 2.24) is 10.1 Å². The summed E-state index contributed by atoms with van der Waals surface area (Å²) in [5, 5.41) is 4.68. The van der Waals surface area contributed by atoms with Crippen molar-refractivity contribution < 1.29 is 9.32 Å². The number of hydrogen-bond acceptors (Lipinski definition) is 3.